The first kappa shape index (κ1) is 12.7. The first-order chi connectivity index (χ1) is 7.72. The Bertz CT molecular complexity index is 322. The number of carbonyl (C=O) groups excluding carboxylic acids is 1. The van der Waals surface area contributed by atoms with Gasteiger partial charge in [0.2, 0.25) is 5.91 Å². The highest BCUT2D eigenvalue weighted by Gasteiger charge is 1.96. The molecule has 4 nitrogen and oxygen atoms in total. The summed E-state index contributed by atoms with van der Waals surface area (Å²) in [5.41, 5.74) is 4.89. The lowest BCUT2D eigenvalue weighted by atomic mass is 10.1. The summed E-state index contributed by atoms with van der Waals surface area (Å²) in [7, 11) is 1.61. The van der Waals surface area contributed by atoms with Crippen molar-refractivity contribution >= 4 is 11.6 Å². The van der Waals surface area contributed by atoms with Gasteiger partial charge in [-0.25, -0.2) is 5.48 Å². The summed E-state index contributed by atoms with van der Waals surface area (Å²) in [4.78, 5) is 15.6. The highest BCUT2D eigenvalue weighted by atomic mass is 16.6. The standard InChI is InChI=1S/C12H18N2O2/c1-10(15)14-12-7-5-11(6-8-12)4-3-9-13-16-2/h5-8,13H,3-4,9H2,1-2H3,(H,14,15). The number of rotatable bonds is 6. The average Bonchev–Trinajstić information content (AvgIpc) is 2.26. The van der Waals surface area contributed by atoms with Crippen molar-refractivity contribution in [2.24, 2.45) is 0 Å². The van der Waals surface area contributed by atoms with E-state index in [4.69, 9.17) is 4.84 Å². The maximum Gasteiger partial charge on any atom is 0.221 e. The molecule has 0 aliphatic carbocycles. The monoisotopic (exact) mass is 222 g/mol. The van der Waals surface area contributed by atoms with E-state index < -0.39 is 0 Å². The summed E-state index contributed by atoms with van der Waals surface area (Å²) in [6, 6.07) is 7.89. The third kappa shape index (κ3) is 4.91. The molecule has 88 valence electrons. The van der Waals surface area contributed by atoms with Crippen molar-refractivity contribution in [3.8, 4) is 0 Å². The molecule has 0 radical (unpaired) electrons. The molecule has 0 heterocycles. The Hall–Kier alpha value is -1.39. The number of carbonyl (C=O) groups is 1. The van der Waals surface area contributed by atoms with Crippen molar-refractivity contribution in [3.05, 3.63) is 29.8 Å². The lowest BCUT2D eigenvalue weighted by Crippen LogP contribution is -2.13. The molecule has 0 saturated heterocycles. The topological polar surface area (TPSA) is 50.4 Å². The summed E-state index contributed by atoms with van der Waals surface area (Å²) in [6.45, 7) is 2.34. The van der Waals surface area contributed by atoms with Crippen LogP contribution in [0.25, 0.3) is 0 Å². The highest BCUT2D eigenvalue weighted by molar-refractivity contribution is 5.88. The number of hydroxylamine groups is 1. The molecule has 0 unspecified atom stereocenters. The zero-order valence-corrected chi connectivity index (χ0v) is 9.75. The number of nitrogens with one attached hydrogen (secondary N) is 2. The van der Waals surface area contributed by atoms with Gasteiger partial charge in [-0.3, -0.25) is 4.79 Å². The Morgan fingerprint density at radius 1 is 1.31 bits per heavy atom. The van der Waals surface area contributed by atoms with Crippen LogP contribution in [-0.4, -0.2) is 19.6 Å². The van der Waals surface area contributed by atoms with Gasteiger partial charge in [-0.1, -0.05) is 12.1 Å². The fourth-order valence-electron chi connectivity index (χ4n) is 1.42. The quantitative estimate of drug-likeness (QED) is 0.569. The number of hydrogen-bond acceptors (Lipinski definition) is 3. The molecular weight excluding hydrogens is 204 g/mol. The first-order valence-electron chi connectivity index (χ1n) is 5.34. The molecule has 0 saturated carbocycles. The summed E-state index contributed by atoms with van der Waals surface area (Å²) >= 11 is 0. The molecule has 1 aromatic carbocycles. The van der Waals surface area contributed by atoms with E-state index >= 15 is 0 Å². The SMILES string of the molecule is CONCCCc1ccc(NC(C)=O)cc1. The predicted octanol–water partition coefficient (Wildman–Crippen LogP) is 1.73. The number of amides is 1. The third-order valence-corrected chi connectivity index (χ3v) is 2.16. The number of aryl methyl sites for hydroxylation is 1. The second kappa shape index (κ2) is 6.98. The van der Waals surface area contributed by atoms with E-state index in [2.05, 4.69) is 10.8 Å². The van der Waals surface area contributed by atoms with Gasteiger partial charge in [-0.15, -0.1) is 0 Å². The number of hydrogen-bond donors (Lipinski definition) is 2. The Morgan fingerprint density at radius 3 is 2.56 bits per heavy atom. The molecule has 0 aliphatic rings. The van der Waals surface area contributed by atoms with Crippen LogP contribution in [0.15, 0.2) is 24.3 Å². The molecule has 1 aromatic rings. The predicted molar refractivity (Wildman–Crippen MR) is 64.1 cm³/mol. The van der Waals surface area contributed by atoms with E-state index in [1.54, 1.807) is 7.11 Å². The summed E-state index contributed by atoms with van der Waals surface area (Å²) in [6.07, 6.45) is 2.02. The Kier molecular flexibility index (Phi) is 5.53. The van der Waals surface area contributed by atoms with Gasteiger partial charge in [0.05, 0.1) is 7.11 Å². The summed E-state index contributed by atoms with van der Waals surface area (Å²) in [5, 5.41) is 2.74. The van der Waals surface area contributed by atoms with Crippen LogP contribution in [0, 0.1) is 0 Å². The van der Waals surface area contributed by atoms with Crippen molar-refractivity contribution < 1.29 is 9.63 Å². The Labute approximate surface area is 95.9 Å². The molecule has 1 rings (SSSR count). The van der Waals surface area contributed by atoms with Crippen molar-refractivity contribution in [1.29, 1.82) is 0 Å². The van der Waals surface area contributed by atoms with Crippen LogP contribution in [0.3, 0.4) is 0 Å². The van der Waals surface area contributed by atoms with E-state index in [-0.39, 0.29) is 5.91 Å². The third-order valence-electron chi connectivity index (χ3n) is 2.16. The van der Waals surface area contributed by atoms with E-state index in [1.807, 2.05) is 24.3 Å². The molecular formula is C12H18N2O2. The van der Waals surface area contributed by atoms with E-state index in [0.717, 1.165) is 25.1 Å². The van der Waals surface area contributed by atoms with Crippen molar-refractivity contribution in [3.63, 3.8) is 0 Å². The van der Waals surface area contributed by atoms with Crippen molar-refractivity contribution in [2.75, 3.05) is 19.0 Å². The van der Waals surface area contributed by atoms with E-state index in [1.165, 1.54) is 12.5 Å². The molecule has 0 spiro atoms. The molecule has 0 aliphatic heterocycles. The number of anilines is 1. The minimum atomic E-state index is -0.0444. The minimum Gasteiger partial charge on any atom is -0.326 e. The lowest BCUT2D eigenvalue weighted by molar-refractivity contribution is -0.114. The Balaban J connectivity index is 2.36. The van der Waals surface area contributed by atoms with Crippen LogP contribution >= 0.6 is 0 Å². The summed E-state index contributed by atoms with van der Waals surface area (Å²) in [5.74, 6) is -0.0444. The highest BCUT2D eigenvalue weighted by Crippen LogP contribution is 2.10. The van der Waals surface area contributed by atoms with Gasteiger partial charge in [0.25, 0.3) is 0 Å². The molecule has 16 heavy (non-hydrogen) atoms. The van der Waals surface area contributed by atoms with Crippen LogP contribution in [0.2, 0.25) is 0 Å². The molecule has 0 aromatic heterocycles. The maximum absolute atomic E-state index is 10.8. The van der Waals surface area contributed by atoms with Gasteiger partial charge >= 0.3 is 0 Å². The molecule has 0 fully saturated rings. The van der Waals surface area contributed by atoms with Crippen LogP contribution < -0.4 is 10.8 Å². The first-order valence-corrected chi connectivity index (χ1v) is 5.34. The van der Waals surface area contributed by atoms with Gasteiger partial charge in [-0.2, -0.15) is 0 Å². The molecule has 4 heteroatoms. The van der Waals surface area contributed by atoms with Gasteiger partial charge in [0.15, 0.2) is 0 Å². The normalized spacial score (nSPS) is 10.1. The van der Waals surface area contributed by atoms with Gasteiger partial charge in [0, 0.05) is 19.2 Å². The van der Waals surface area contributed by atoms with Crippen LogP contribution in [0.4, 0.5) is 5.69 Å². The van der Waals surface area contributed by atoms with Crippen LogP contribution in [0.5, 0.6) is 0 Å². The average molecular weight is 222 g/mol. The fraction of sp³-hybridized carbons (Fsp3) is 0.417. The zero-order chi connectivity index (χ0) is 11.8. The molecule has 0 bridgehead atoms. The van der Waals surface area contributed by atoms with Gasteiger partial charge in [0.1, 0.15) is 0 Å². The maximum atomic E-state index is 10.8. The number of benzene rings is 1. The van der Waals surface area contributed by atoms with Gasteiger partial charge in [-0.05, 0) is 30.5 Å². The molecule has 2 N–H and O–H groups in total. The van der Waals surface area contributed by atoms with Gasteiger partial charge < -0.3 is 10.2 Å². The lowest BCUT2D eigenvalue weighted by Gasteiger charge is -2.05. The smallest absolute Gasteiger partial charge is 0.221 e. The van der Waals surface area contributed by atoms with E-state index in [0.29, 0.717) is 0 Å². The second-order valence-corrected chi connectivity index (χ2v) is 3.58. The fourth-order valence-corrected chi connectivity index (χ4v) is 1.42. The molecule has 0 atom stereocenters. The minimum absolute atomic E-state index is 0.0444. The van der Waals surface area contributed by atoms with Crippen molar-refractivity contribution in [1.82, 2.24) is 5.48 Å². The van der Waals surface area contributed by atoms with Crippen molar-refractivity contribution in [2.45, 2.75) is 19.8 Å². The largest absolute Gasteiger partial charge is 0.326 e. The summed E-state index contributed by atoms with van der Waals surface area (Å²) < 4.78 is 0. The van der Waals surface area contributed by atoms with Crippen LogP contribution in [0.1, 0.15) is 18.9 Å². The second-order valence-electron chi connectivity index (χ2n) is 3.58. The van der Waals surface area contributed by atoms with E-state index in [9.17, 15) is 4.79 Å². The molecule has 1 amide bonds. The Morgan fingerprint density at radius 2 is 2.00 bits per heavy atom. The zero-order valence-electron chi connectivity index (χ0n) is 9.75. The van der Waals surface area contributed by atoms with Crippen LogP contribution in [-0.2, 0) is 16.1 Å².